The van der Waals surface area contributed by atoms with Gasteiger partial charge in [0.15, 0.2) is 0 Å². The molecule has 0 bridgehead atoms. The van der Waals surface area contributed by atoms with E-state index in [0.717, 1.165) is 32.1 Å². The smallest absolute Gasteiger partial charge is 0.234 e. The molecule has 4 nitrogen and oxygen atoms in total. The molecule has 0 radical (unpaired) electrons. The van der Waals surface area contributed by atoms with Crippen LogP contribution in [0.4, 0.5) is 0 Å². The zero-order valence-electron chi connectivity index (χ0n) is 12.7. The molecule has 2 N–H and O–H groups in total. The lowest BCUT2D eigenvalue weighted by atomic mass is 9.87. The Labute approximate surface area is 129 Å². The Balaban J connectivity index is 0.00000200. The third kappa shape index (κ3) is 5.98. The SMILES string of the molecule is C[C@@H]1CNCCN1CC(=O)NCCC1CCCCC1.Cl. The van der Waals surface area contributed by atoms with E-state index in [9.17, 15) is 4.79 Å². The summed E-state index contributed by atoms with van der Waals surface area (Å²) in [4.78, 5) is 14.2. The molecule has 0 unspecified atom stereocenters. The first kappa shape index (κ1) is 17.7. The molecule has 0 aromatic carbocycles. The summed E-state index contributed by atoms with van der Waals surface area (Å²) in [6.45, 7) is 6.59. The van der Waals surface area contributed by atoms with Crippen molar-refractivity contribution in [3.8, 4) is 0 Å². The van der Waals surface area contributed by atoms with Crippen molar-refractivity contribution in [2.45, 2.75) is 51.5 Å². The normalized spacial score (nSPS) is 24.9. The molecule has 2 aliphatic rings. The second-order valence-electron chi connectivity index (χ2n) is 6.17. The number of piperazine rings is 1. The number of amides is 1. The number of halogens is 1. The number of carbonyl (C=O) groups excluding carboxylic acids is 1. The molecule has 2 fully saturated rings. The van der Waals surface area contributed by atoms with E-state index in [-0.39, 0.29) is 18.3 Å². The largest absolute Gasteiger partial charge is 0.355 e. The fraction of sp³-hybridized carbons (Fsp3) is 0.933. The molecular formula is C15H30ClN3O. The predicted octanol–water partition coefficient (Wildman–Crippen LogP) is 1.79. The van der Waals surface area contributed by atoms with E-state index in [1.54, 1.807) is 0 Å². The van der Waals surface area contributed by atoms with Crippen molar-refractivity contribution in [1.29, 1.82) is 0 Å². The first-order chi connectivity index (χ1) is 9.25. The van der Waals surface area contributed by atoms with E-state index in [4.69, 9.17) is 0 Å². The van der Waals surface area contributed by atoms with Gasteiger partial charge in [-0.1, -0.05) is 32.1 Å². The van der Waals surface area contributed by atoms with Gasteiger partial charge in [-0.15, -0.1) is 12.4 Å². The zero-order valence-corrected chi connectivity index (χ0v) is 13.5. The maximum Gasteiger partial charge on any atom is 0.234 e. The van der Waals surface area contributed by atoms with Gasteiger partial charge in [0.1, 0.15) is 0 Å². The van der Waals surface area contributed by atoms with Gasteiger partial charge in [-0.3, -0.25) is 9.69 Å². The van der Waals surface area contributed by atoms with Gasteiger partial charge in [0.2, 0.25) is 5.91 Å². The highest BCUT2D eigenvalue weighted by Gasteiger charge is 2.20. The van der Waals surface area contributed by atoms with Gasteiger partial charge in [0, 0.05) is 32.2 Å². The zero-order chi connectivity index (χ0) is 13.5. The van der Waals surface area contributed by atoms with Crippen LogP contribution in [0.2, 0.25) is 0 Å². The fourth-order valence-corrected chi connectivity index (χ4v) is 3.25. The lowest BCUT2D eigenvalue weighted by Crippen LogP contribution is -2.52. The van der Waals surface area contributed by atoms with Crippen LogP contribution in [-0.4, -0.2) is 49.6 Å². The summed E-state index contributed by atoms with van der Waals surface area (Å²) in [6.07, 6.45) is 8.08. The van der Waals surface area contributed by atoms with E-state index >= 15 is 0 Å². The molecule has 118 valence electrons. The van der Waals surface area contributed by atoms with Crippen molar-refractivity contribution in [1.82, 2.24) is 15.5 Å². The monoisotopic (exact) mass is 303 g/mol. The number of nitrogens with zero attached hydrogens (tertiary/aromatic N) is 1. The van der Waals surface area contributed by atoms with E-state index in [1.807, 2.05) is 0 Å². The van der Waals surface area contributed by atoms with Gasteiger partial charge in [-0.05, 0) is 19.3 Å². The van der Waals surface area contributed by atoms with Crippen LogP contribution in [-0.2, 0) is 4.79 Å². The molecule has 20 heavy (non-hydrogen) atoms. The highest BCUT2D eigenvalue weighted by Crippen LogP contribution is 2.25. The van der Waals surface area contributed by atoms with E-state index in [2.05, 4.69) is 22.5 Å². The first-order valence-corrected chi connectivity index (χ1v) is 7.97. The van der Waals surface area contributed by atoms with Crippen LogP contribution in [0.15, 0.2) is 0 Å². The van der Waals surface area contributed by atoms with Crippen molar-refractivity contribution in [3.05, 3.63) is 0 Å². The standard InChI is InChI=1S/C15H29N3O.ClH/c1-13-11-16-9-10-18(13)12-15(19)17-8-7-14-5-3-2-4-6-14;/h13-14,16H,2-12H2,1H3,(H,17,19);1H/t13-;/m1./s1. The Morgan fingerprint density at radius 3 is 2.75 bits per heavy atom. The topological polar surface area (TPSA) is 44.4 Å². The summed E-state index contributed by atoms with van der Waals surface area (Å²) < 4.78 is 0. The minimum atomic E-state index is 0. The Morgan fingerprint density at radius 2 is 2.05 bits per heavy atom. The maximum atomic E-state index is 11.9. The van der Waals surface area contributed by atoms with Crippen LogP contribution in [0.5, 0.6) is 0 Å². The maximum absolute atomic E-state index is 11.9. The minimum absolute atomic E-state index is 0. The summed E-state index contributed by atoms with van der Waals surface area (Å²) >= 11 is 0. The van der Waals surface area contributed by atoms with Crippen molar-refractivity contribution in [2.24, 2.45) is 5.92 Å². The average molecular weight is 304 g/mol. The lowest BCUT2D eigenvalue weighted by Gasteiger charge is -2.33. The van der Waals surface area contributed by atoms with Gasteiger partial charge >= 0.3 is 0 Å². The Kier molecular flexibility index (Phi) is 8.50. The molecule has 1 atom stereocenters. The third-order valence-electron chi connectivity index (χ3n) is 4.59. The van der Waals surface area contributed by atoms with E-state index < -0.39 is 0 Å². The molecule has 5 heteroatoms. The van der Waals surface area contributed by atoms with Crippen LogP contribution in [0.25, 0.3) is 0 Å². The number of carbonyl (C=O) groups is 1. The van der Waals surface area contributed by atoms with Gasteiger partial charge in [-0.25, -0.2) is 0 Å². The molecule has 1 amide bonds. The number of nitrogens with one attached hydrogen (secondary N) is 2. The Morgan fingerprint density at radius 1 is 1.30 bits per heavy atom. The van der Waals surface area contributed by atoms with Crippen molar-refractivity contribution >= 4 is 18.3 Å². The first-order valence-electron chi connectivity index (χ1n) is 7.97. The summed E-state index contributed by atoms with van der Waals surface area (Å²) in [7, 11) is 0. The molecule has 1 heterocycles. The Bertz CT molecular complexity index is 282. The molecule has 1 saturated heterocycles. The second-order valence-corrected chi connectivity index (χ2v) is 6.17. The van der Waals surface area contributed by atoms with Crippen LogP contribution in [0.3, 0.4) is 0 Å². The molecule has 0 aromatic rings. The summed E-state index contributed by atoms with van der Waals surface area (Å²) in [5.41, 5.74) is 0. The number of hydrogen-bond donors (Lipinski definition) is 2. The molecule has 0 aromatic heterocycles. The summed E-state index contributed by atoms with van der Waals surface area (Å²) in [6, 6.07) is 0.470. The molecule has 1 saturated carbocycles. The highest BCUT2D eigenvalue weighted by molar-refractivity contribution is 5.85. The third-order valence-corrected chi connectivity index (χ3v) is 4.59. The van der Waals surface area contributed by atoms with Crippen LogP contribution >= 0.6 is 12.4 Å². The van der Waals surface area contributed by atoms with Crippen molar-refractivity contribution in [2.75, 3.05) is 32.7 Å². The quantitative estimate of drug-likeness (QED) is 0.814. The van der Waals surface area contributed by atoms with Gasteiger partial charge < -0.3 is 10.6 Å². The van der Waals surface area contributed by atoms with Crippen molar-refractivity contribution in [3.63, 3.8) is 0 Å². The predicted molar refractivity (Wildman–Crippen MR) is 85.4 cm³/mol. The van der Waals surface area contributed by atoms with Gasteiger partial charge in [0.25, 0.3) is 0 Å². The molecule has 1 aliphatic carbocycles. The summed E-state index contributed by atoms with van der Waals surface area (Å²) in [5.74, 6) is 1.05. The van der Waals surface area contributed by atoms with E-state index in [0.29, 0.717) is 12.6 Å². The van der Waals surface area contributed by atoms with Gasteiger partial charge in [-0.2, -0.15) is 0 Å². The average Bonchev–Trinajstić information content (AvgIpc) is 2.43. The van der Waals surface area contributed by atoms with Crippen molar-refractivity contribution < 1.29 is 4.79 Å². The van der Waals surface area contributed by atoms with E-state index in [1.165, 1.54) is 38.5 Å². The molecule has 0 spiro atoms. The molecule has 1 aliphatic heterocycles. The van der Waals surface area contributed by atoms with Gasteiger partial charge in [0.05, 0.1) is 6.54 Å². The minimum Gasteiger partial charge on any atom is -0.355 e. The van der Waals surface area contributed by atoms with Crippen LogP contribution in [0.1, 0.15) is 45.4 Å². The molecule has 2 rings (SSSR count). The van der Waals surface area contributed by atoms with Crippen LogP contribution in [0, 0.1) is 5.92 Å². The lowest BCUT2D eigenvalue weighted by molar-refractivity contribution is -0.123. The number of rotatable bonds is 5. The fourth-order valence-electron chi connectivity index (χ4n) is 3.25. The Hall–Kier alpha value is -0.320. The second kappa shape index (κ2) is 9.59. The summed E-state index contributed by atoms with van der Waals surface area (Å²) in [5, 5.41) is 6.45. The highest BCUT2D eigenvalue weighted by atomic mass is 35.5. The number of hydrogen-bond acceptors (Lipinski definition) is 3. The van der Waals surface area contributed by atoms with Crippen LogP contribution < -0.4 is 10.6 Å². The molecular weight excluding hydrogens is 274 g/mol.